The smallest absolute Gasteiger partial charge is 0.409 e. The summed E-state index contributed by atoms with van der Waals surface area (Å²) in [5.41, 5.74) is 1.58. The van der Waals surface area contributed by atoms with Crippen LogP contribution in [0.4, 0.5) is 10.5 Å². The van der Waals surface area contributed by atoms with Crippen molar-refractivity contribution in [2.75, 3.05) is 51.9 Å². The van der Waals surface area contributed by atoms with Crippen LogP contribution in [0.3, 0.4) is 0 Å². The fraction of sp³-hybridized carbons (Fsp3) is 0.444. The minimum absolute atomic E-state index is 0.00895. The Balaban J connectivity index is 1.63. The number of hydrogen-bond donors (Lipinski definition) is 0. The summed E-state index contributed by atoms with van der Waals surface area (Å²) in [4.78, 5) is 44.4. The average Bonchev–Trinajstić information content (AvgIpc) is 2.93. The lowest BCUT2D eigenvalue weighted by Gasteiger charge is -2.43. The quantitative estimate of drug-likeness (QED) is 0.610. The molecule has 0 aliphatic carbocycles. The summed E-state index contributed by atoms with van der Waals surface area (Å²) in [7, 11) is 3.20. The van der Waals surface area contributed by atoms with Crippen molar-refractivity contribution in [2.45, 2.75) is 25.8 Å². The van der Waals surface area contributed by atoms with E-state index in [1.807, 2.05) is 48.5 Å². The first kappa shape index (κ1) is 25.3. The Labute approximate surface area is 211 Å². The normalized spacial score (nSPS) is 20.2. The summed E-state index contributed by atoms with van der Waals surface area (Å²) in [6.45, 7) is 3.80. The number of piperidine rings is 1. The van der Waals surface area contributed by atoms with Crippen LogP contribution in [-0.4, -0.2) is 74.7 Å². The Kier molecular flexibility index (Phi) is 7.97. The number of ether oxygens (including phenoxy) is 3. The SMILES string of the molecule is CCOC(=O)N1CCN(C(=O)[C@@H]2CCC(=O)N(c3ccc(OC)cc3)[C@H]2c2ccc(OC)cc2)CC1. The van der Waals surface area contributed by atoms with Crippen LogP contribution in [0.25, 0.3) is 0 Å². The third kappa shape index (κ3) is 5.24. The van der Waals surface area contributed by atoms with Crippen molar-refractivity contribution in [2.24, 2.45) is 5.92 Å². The molecule has 0 aromatic heterocycles. The van der Waals surface area contributed by atoms with Gasteiger partial charge in [0.05, 0.1) is 32.8 Å². The van der Waals surface area contributed by atoms with Gasteiger partial charge in [0.2, 0.25) is 11.8 Å². The minimum atomic E-state index is -0.471. The maximum Gasteiger partial charge on any atom is 0.409 e. The molecule has 0 bridgehead atoms. The minimum Gasteiger partial charge on any atom is -0.497 e. The van der Waals surface area contributed by atoms with E-state index in [-0.39, 0.29) is 24.3 Å². The molecular weight excluding hydrogens is 462 g/mol. The Morgan fingerprint density at radius 2 is 1.42 bits per heavy atom. The van der Waals surface area contributed by atoms with Crippen molar-refractivity contribution >= 4 is 23.6 Å². The van der Waals surface area contributed by atoms with Crippen LogP contribution in [-0.2, 0) is 14.3 Å². The number of nitrogens with zero attached hydrogens (tertiary/aromatic N) is 3. The zero-order valence-electron chi connectivity index (χ0n) is 21.0. The van der Waals surface area contributed by atoms with Crippen LogP contribution in [0.15, 0.2) is 48.5 Å². The standard InChI is InChI=1S/C27H33N3O6/c1-4-36-27(33)29-17-15-28(16-18-29)26(32)23-13-14-24(31)30(20-7-11-22(35-3)12-8-20)25(23)19-5-9-21(34-2)10-6-19/h5-12,23,25H,4,13-18H2,1-3H3/t23-,25+/m1/s1. The highest BCUT2D eigenvalue weighted by Gasteiger charge is 2.43. The molecule has 2 heterocycles. The van der Waals surface area contributed by atoms with Crippen LogP contribution >= 0.6 is 0 Å². The number of hydrogen-bond acceptors (Lipinski definition) is 6. The largest absolute Gasteiger partial charge is 0.497 e. The Morgan fingerprint density at radius 3 is 1.97 bits per heavy atom. The molecule has 0 radical (unpaired) electrons. The van der Waals surface area contributed by atoms with Gasteiger partial charge >= 0.3 is 6.09 Å². The van der Waals surface area contributed by atoms with Gasteiger partial charge in [0.1, 0.15) is 11.5 Å². The van der Waals surface area contributed by atoms with Gasteiger partial charge in [-0.3, -0.25) is 9.59 Å². The zero-order chi connectivity index (χ0) is 25.7. The van der Waals surface area contributed by atoms with Crippen molar-refractivity contribution in [1.82, 2.24) is 9.80 Å². The highest BCUT2D eigenvalue weighted by molar-refractivity contribution is 5.97. The third-order valence-electron chi connectivity index (χ3n) is 6.84. The molecule has 0 saturated carbocycles. The van der Waals surface area contributed by atoms with E-state index in [0.29, 0.717) is 56.4 Å². The van der Waals surface area contributed by atoms with Crippen LogP contribution in [0.5, 0.6) is 11.5 Å². The first-order valence-electron chi connectivity index (χ1n) is 12.3. The van der Waals surface area contributed by atoms with Gasteiger partial charge in [-0.2, -0.15) is 0 Å². The number of piperazine rings is 1. The van der Waals surface area contributed by atoms with E-state index >= 15 is 0 Å². The first-order chi connectivity index (χ1) is 17.5. The second kappa shape index (κ2) is 11.3. The molecule has 0 spiro atoms. The van der Waals surface area contributed by atoms with Crippen molar-refractivity contribution < 1.29 is 28.6 Å². The molecular formula is C27H33N3O6. The number of amides is 3. The highest BCUT2D eigenvalue weighted by Crippen LogP contribution is 2.41. The second-order valence-corrected chi connectivity index (χ2v) is 8.84. The topological polar surface area (TPSA) is 88.6 Å². The number of rotatable bonds is 6. The fourth-order valence-corrected chi connectivity index (χ4v) is 4.94. The number of carbonyl (C=O) groups excluding carboxylic acids is 3. The van der Waals surface area contributed by atoms with Gasteiger partial charge in [0, 0.05) is 38.3 Å². The molecule has 2 saturated heterocycles. The predicted molar refractivity (Wildman–Crippen MR) is 134 cm³/mol. The van der Waals surface area contributed by atoms with E-state index in [4.69, 9.17) is 14.2 Å². The van der Waals surface area contributed by atoms with Gasteiger partial charge < -0.3 is 28.9 Å². The van der Waals surface area contributed by atoms with Crippen molar-refractivity contribution in [1.29, 1.82) is 0 Å². The lowest BCUT2D eigenvalue weighted by atomic mass is 9.82. The lowest BCUT2D eigenvalue weighted by molar-refractivity contribution is -0.140. The highest BCUT2D eigenvalue weighted by atomic mass is 16.6. The molecule has 2 aliphatic heterocycles. The molecule has 0 unspecified atom stereocenters. The summed E-state index contributed by atoms with van der Waals surface area (Å²) in [6.07, 6.45) is 0.381. The van der Waals surface area contributed by atoms with Crippen molar-refractivity contribution in [3.8, 4) is 11.5 Å². The molecule has 36 heavy (non-hydrogen) atoms. The Bertz CT molecular complexity index is 1060. The van der Waals surface area contributed by atoms with Gasteiger partial charge in [0.15, 0.2) is 0 Å². The molecule has 9 nitrogen and oxygen atoms in total. The Hall–Kier alpha value is -3.75. The number of methoxy groups -OCH3 is 2. The molecule has 2 aromatic rings. The van der Waals surface area contributed by atoms with Crippen LogP contribution in [0, 0.1) is 5.92 Å². The van der Waals surface area contributed by atoms with Gasteiger partial charge in [0.25, 0.3) is 0 Å². The van der Waals surface area contributed by atoms with Gasteiger partial charge in [-0.15, -0.1) is 0 Å². The molecule has 2 aromatic carbocycles. The van der Waals surface area contributed by atoms with E-state index in [9.17, 15) is 14.4 Å². The van der Waals surface area contributed by atoms with E-state index < -0.39 is 12.0 Å². The molecule has 2 atom stereocenters. The van der Waals surface area contributed by atoms with E-state index in [0.717, 1.165) is 5.56 Å². The fourth-order valence-electron chi connectivity index (χ4n) is 4.94. The maximum atomic E-state index is 13.9. The van der Waals surface area contributed by atoms with Crippen LogP contribution in [0.1, 0.15) is 31.4 Å². The number of benzene rings is 2. The third-order valence-corrected chi connectivity index (χ3v) is 6.84. The second-order valence-electron chi connectivity index (χ2n) is 8.84. The summed E-state index contributed by atoms with van der Waals surface area (Å²) < 4.78 is 15.7. The van der Waals surface area contributed by atoms with Gasteiger partial charge in [-0.1, -0.05) is 12.1 Å². The summed E-state index contributed by atoms with van der Waals surface area (Å²) in [6, 6.07) is 14.4. The van der Waals surface area contributed by atoms with E-state index in [1.54, 1.807) is 35.8 Å². The predicted octanol–water partition coefficient (Wildman–Crippen LogP) is 3.49. The first-order valence-corrected chi connectivity index (χ1v) is 12.3. The molecule has 3 amide bonds. The van der Waals surface area contributed by atoms with Crippen LogP contribution in [0.2, 0.25) is 0 Å². The van der Waals surface area contributed by atoms with Crippen molar-refractivity contribution in [3.63, 3.8) is 0 Å². The summed E-state index contributed by atoms with van der Waals surface area (Å²) >= 11 is 0. The zero-order valence-corrected chi connectivity index (χ0v) is 21.0. The molecule has 2 fully saturated rings. The average molecular weight is 496 g/mol. The number of carbonyl (C=O) groups is 3. The molecule has 192 valence electrons. The van der Waals surface area contributed by atoms with Crippen LogP contribution < -0.4 is 14.4 Å². The molecule has 0 N–H and O–H groups in total. The lowest BCUT2D eigenvalue weighted by Crippen LogP contribution is -2.55. The summed E-state index contributed by atoms with van der Waals surface area (Å²) in [5.74, 6) is 0.931. The van der Waals surface area contributed by atoms with Gasteiger partial charge in [-0.25, -0.2) is 4.79 Å². The van der Waals surface area contributed by atoms with Gasteiger partial charge in [-0.05, 0) is 55.3 Å². The molecule has 9 heteroatoms. The molecule has 4 rings (SSSR count). The number of anilines is 1. The monoisotopic (exact) mass is 495 g/mol. The van der Waals surface area contributed by atoms with E-state index in [2.05, 4.69) is 0 Å². The van der Waals surface area contributed by atoms with Crippen molar-refractivity contribution in [3.05, 3.63) is 54.1 Å². The van der Waals surface area contributed by atoms with E-state index in [1.165, 1.54) is 0 Å². The molecule has 2 aliphatic rings. The summed E-state index contributed by atoms with van der Waals surface area (Å²) in [5, 5.41) is 0. The maximum absolute atomic E-state index is 13.9. The Morgan fingerprint density at radius 1 is 0.861 bits per heavy atom.